The number of anilines is 1. The number of para-hydroxylation sites is 1. The summed E-state index contributed by atoms with van der Waals surface area (Å²) in [6.45, 7) is 7.14. The van der Waals surface area contributed by atoms with E-state index >= 15 is 0 Å². The van der Waals surface area contributed by atoms with Crippen molar-refractivity contribution in [3.63, 3.8) is 0 Å². The minimum Gasteiger partial charge on any atom is -0.344 e. The number of carbonyl (C=O) groups excluding carboxylic acids is 1. The SMILES string of the molecule is C[C@H]1CN2c3ccccc3C(C)(C)[C@@]2(/C=C/c2ccc(Br)cc2)NC1=O. The van der Waals surface area contributed by atoms with E-state index in [9.17, 15) is 4.79 Å². The molecule has 2 aliphatic rings. The first-order valence-electron chi connectivity index (χ1n) is 8.99. The van der Waals surface area contributed by atoms with Crippen LogP contribution in [-0.4, -0.2) is 18.1 Å². The van der Waals surface area contributed by atoms with Gasteiger partial charge in [-0.2, -0.15) is 0 Å². The lowest BCUT2D eigenvalue weighted by molar-refractivity contribution is -0.128. The molecule has 1 saturated heterocycles. The van der Waals surface area contributed by atoms with Crippen molar-refractivity contribution in [2.75, 3.05) is 11.4 Å². The highest BCUT2D eigenvalue weighted by atomic mass is 79.9. The number of carbonyl (C=O) groups is 1. The molecule has 0 unspecified atom stereocenters. The third-order valence-electron chi connectivity index (χ3n) is 5.85. The molecule has 26 heavy (non-hydrogen) atoms. The van der Waals surface area contributed by atoms with Crippen LogP contribution in [0.3, 0.4) is 0 Å². The van der Waals surface area contributed by atoms with E-state index in [1.807, 2.05) is 19.1 Å². The van der Waals surface area contributed by atoms with Crippen molar-refractivity contribution < 1.29 is 4.79 Å². The van der Waals surface area contributed by atoms with Crippen LogP contribution in [0.5, 0.6) is 0 Å². The fourth-order valence-electron chi connectivity index (χ4n) is 4.23. The predicted molar refractivity (Wildman–Crippen MR) is 110 cm³/mol. The molecule has 0 saturated carbocycles. The minimum absolute atomic E-state index is 0.0360. The van der Waals surface area contributed by atoms with E-state index < -0.39 is 5.66 Å². The van der Waals surface area contributed by atoms with E-state index in [1.54, 1.807) is 0 Å². The second-order valence-corrected chi connectivity index (χ2v) is 8.71. The van der Waals surface area contributed by atoms with E-state index in [4.69, 9.17) is 0 Å². The largest absolute Gasteiger partial charge is 0.344 e. The summed E-state index contributed by atoms with van der Waals surface area (Å²) in [5.74, 6) is 0.0775. The van der Waals surface area contributed by atoms with Crippen molar-refractivity contribution >= 4 is 33.6 Å². The topological polar surface area (TPSA) is 32.3 Å². The maximum Gasteiger partial charge on any atom is 0.226 e. The Morgan fingerprint density at radius 2 is 1.85 bits per heavy atom. The van der Waals surface area contributed by atoms with Crippen molar-refractivity contribution in [1.29, 1.82) is 0 Å². The van der Waals surface area contributed by atoms with Gasteiger partial charge in [-0.05, 0) is 35.4 Å². The molecule has 4 heteroatoms. The van der Waals surface area contributed by atoms with Crippen molar-refractivity contribution in [2.24, 2.45) is 5.92 Å². The number of hydrogen-bond acceptors (Lipinski definition) is 2. The Hall–Kier alpha value is -2.07. The number of benzene rings is 2. The van der Waals surface area contributed by atoms with E-state index in [0.29, 0.717) is 0 Å². The summed E-state index contributed by atoms with van der Waals surface area (Å²) < 4.78 is 1.06. The van der Waals surface area contributed by atoms with Crippen LogP contribution in [0.1, 0.15) is 31.9 Å². The summed E-state index contributed by atoms with van der Waals surface area (Å²) in [4.78, 5) is 15.0. The first-order chi connectivity index (χ1) is 12.3. The molecule has 2 aromatic rings. The number of hydrogen-bond donors (Lipinski definition) is 1. The molecule has 3 nitrogen and oxygen atoms in total. The third kappa shape index (κ3) is 2.43. The molecule has 1 N–H and O–H groups in total. The average molecular weight is 411 g/mol. The lowest BCUT2D eigenvalue weighted by atomic mass is 9.74. The Bertz CT molecular complexity index is 887. The molecule has 4 rings (SSSR count). The van der Waals surface area contributed by atoms with Gasteiger partial charge in [-0.25, -0.2) is 0 Å². The molecule has 2 atom stereocenters. The molecule has 2 aromatic carbocycles. The molecular formula is C22H23BrN2O. The normalized spacial score (nSPS) is 26.5. The van der Waals surface area contributed by atoms with Crippen molar-refractivity contribution in [1.82, 2.24) is 5.32 Å². The van der Waals surface area contributed by atoms with Crippen LogP contribution in [0.4, 0.5) is 5.69 Å². The van der Waals surface area contributed by atoms with E-state index in [1.165, 1.54) is 11.3 Å². The summed E-state index contributed by atoms with van der Waals surface area (Å²) in [7, 11) is 0. The number of amides is 1. The molecule has 134 valence electrons. The van der Waals surface area contributed by atoms with Crippen LogP contribution in [0.15, 0.2) is 59.1 Å². The number of fused-ring (bicyclic) bond motifs is 3. The second-order valence-electron chi connectivity index (χ2n) is 7.79. The lowest BCUT2D eigenvalue weighted by Crippen LogP contribution is -2.70. The standard InChI is InChI=1S/C22H23BrN2O/c1-15-14-25-19-7-5-4-6-18(19)21(2,3)22(25,24-20(15)26)13-12-16-8-10-17(23)11-9-16/h4-13,15H,14H2,1-3H3,(H,24,26)/b13-12+/t15-,22-/m0/s1. The van der Waals surface area contributed by atoms with Crippen LogP contribution in [0.2, 0.25) is 0 Å². The molecular weight excluding hydrogens is 388 g/mol. The van der Waals surface area contributed by atoms with Gasteiger partial charge in [0.2, 0.25) is 5.91 Å². The predicted octanol–water partition coefficient (Wildman–Crippen LogP) is 4.72. The third-order valence-corrected chi connectivity index (χ3v) is 6.38. The zero-order chi connectivity index (χ0) is 18.5. The quantitative estimate of drug-likeness (QED) is 0.776. The molecule has 0 spiro atoms. The Morgan fingerprint density at radius 3 is 2.58 bits per heavy atom. The smallest absolute Gasteiger partial charge is 0.226 e. The first-order valence-corrected chi connectivity index (χ1v) is 9.78. The summed E-state index contributed by atoms with van der Waals surface area (Å²) >= 11 is 3.48. The fourth-order valence-corrected chi connectivity index (χ4v) is 4.50. The van der Waals surface area contributed by atoms with Gasteiger partial charge in [0.15, 0.2) is 0 Å². The molecule has 1 amide bonds. The zero-order valence-corrected chi connectivity index (χ0v) is 16.9. The Labute approximate surface area is 163 Å². The summed E-state index contributed by atoms with van der Waals surface area (Å²) in [5.41, 5.74) is 2.79. The summed E-state index contributed by atoms with van der Waals surface area (Å²) in [6.07, 6.45) is 4.28. The average Bonchev–Trinajstić information content (AvgIpc) is 2.81. The molecule has 0 aliphatic carbocycles. The van der Waals surface area contributed by atoms with Gasteiger partial charge >= 0.3 is 0 Å². The maximum absolute atomic E-state index is 12.7. The highest BCUT2D eigenvalue weighted by Crippen LogP contribution is 2.52. The van der Waals surface area contributed by atoms with Gasteiger partial charge in [0.1, 0.15) is 5.66 Å². The Morgan fingerprint density at radius 1 is 1.15 bits per heavy atom. The van der Waals surface area contributed by atoms with Gasteiger partial charge in [0.25, 0.3) is 0 Å². The summed E-state index contributed by atoms with van der Waals surface area (Å²) in [5, 5.41) is 3.35. The highest BCUT2D eigenvalue weighted by Gasteiger charge is 2.58. The van der Waals surface area contributed by atoms with Crippen molar-refractivity contribution in [2.45, 2.75) is 31.8 Å². The minimum atomic E-state index is -0.562. The highest BCUT2D eigenvalue weighted by molar-refractivity contribution is 9.10. The van der Waals surface area contributed by atoms with Crippen molar-refractivity contribution in [3.8, 4) is 0 Å². The number of nitrogens with zero attached hydrogens (tertiary/aromatic N) is 1. The van der Waals surface area contributed by atoms with Crippen LogP contribution in [0, 0.1) is 5.92 Å². The molecule has 1 fully saturated rings. The van der Waals surface area contributed by atoms with Crippen LogP contribution < -0.4 is 10.2 Å². The van der Waals surface area contributed by atoms with Crippen LogP contribution in [-0.2, 0) is 10.2 Å². The lowest BCUT2D eigenvalue weighted by Gasteiger charge is -2.50. The fraction of sp³-hybridized carbons (Fsp3) is 0.318. The van der Waals surface area contributed by atoms with Gasteiger partial charge in [-0.1, -0.05) is 73.1 Å². The van der Waals surface area contributed by atoms with Gasteiger partial charge in [0.05, 0.1) is 5.92 Å². The molecule has 2 heterocycles. The summed E-state index contributed by atoms with van der Waals surface area (Å²) in [6, 6.07) is 16.7. The van der Waals surface area contributed by atoms with E-state index in [2.05, 4.69) is 88.5 Å². The molecule has 0 bridgehead atoms. The van der Waals surface area contributed by atoms with Gasteiger partial charge in [-0.3, -0.25) is 4.79 Å². The van der Waals surface area contributed by atoms with Crippen LogP contribution >= 0.6 is 15.9 Å². The first kappa shape index (κ1) is 17.3. The van der Waals surface area contributed by atoms with E-state index in [0.717, 1.165) is 16.6 Å². The second kappa shape index (κ2) is 5.98. The number of rotatable bonds is 2. The maximum atomic E-state index is 12.7. The molecule has 0 radical (unpaired) electrons. The van der Waals surface area contributed by atoms with E-state index in [-0.39, 0.29) is 17.2 Å². The number of halogens is 1. The monoisotopic (exact) mass is 410 g/mol. The number of nitrogens with one attached hydrogen (secondary N) is 1. The van der Waals surface area contributed by atoms with Crippen molar-refractivity contribution in [3.05, 3.63) is 70.2 Å². The molecule has 2 aliphatic heterocycles. The van der Waals surface area contributed by atoms with Crippen LogP contribution in [0.25, 0.3) is 6.08 Å². The zero-order valence-electron chi connectivity index (χ0n) is 15.3. The Kier molecular flexibility index (Phi) is 3.99. The van der Waals surface area contributed by atoms with Gasteiger partial charge < -0.3 is 10.2 Å². The molecule has 0 aromatic heterocycles. The van der Waals surface area contributed by atoms with Gasteiger partial charge in [0, 0.05) is 22.1 Å². The van der Waals surface area contributed by atoms with Gasteiger partial charge in [-0.15, -0.1) is 0 Å². The Balaban J connectivity index is 1.84.